The van der Waals surface area contributed by atoms with E-state index in [4.69, 9.17) is 4.98 Å². The first kappa shape index (κ1) is 17.2. The molecule has 2 aromatic carbocycles. The molecule has 0 bridgehead atoms. The number of aryl methyl sites for hydroxylation is 1. The number of para-hydroxylation sites is 1. The van der Waals surface area contributed by atoms with Crippen LogP contribution in [0, 0.1) is 11.7 Å². The van der Waals surface area contributed by atoms with Crippen molar-refractivity contribution < 1.29 is 9.18 Å². The van der Waals surface area contributed by atoms with Gasteiger partial charge < -0.3 is 5.32 Å². The molecule has 1 amide bonds. The van der Waals surface area contributed by atoms with Crippen molar-refractivity contribution in [3.63, 3.8) is 0 Å². The Bertz CT molecular complexity index is 1020. The number of hydrogen-bond acceptors (Lipinski definition) is 2. The van der Waals surface area contributed by atoms with E-state index in [1.54, 1.807) is 12.1 Å². The molecule has 0 spiro atoms. The van der Waals surface area contributed by atoms with Gasteiger partial charge in [-0.15, -0.1) is 0 Å². The smallest absolute Gasteiger partial charge is 0.256 e. The second kappa shape index (κ2) is 6.80. The van der Waals surface area contributed by atoms with Crippen LogP contribution in [0.5, 0.6) is 0 Å². The highest BCUT2D eigenvalue weighted by Crippen LogP contribution is 2.32. The molecule has 0 aliphatic heterocycles. The molecule has 0 saturated carbocycles. The van der Waals surface area contributed by atoms with Crippen LogP contribution in [0.25, 0.3) is 10.9 Å². The number of carbonyl (C=O) groups is 1. The number of nitrogens with one attached hydrogen (secondary N) is 1. The third kappa shape index (κ3) is 3.12. The highest BCUT2D eigenvalue weighted by Gasteiger charge is 2.25. The minimum Gasteiger partial charge on any atom is -0.319 e. The molecule has 3 nitrogen and oxygen atoms in total. The van der Waals surface area contributed by atoms with Gasteiger partial charge in [-0.05, 0) is 55.0 Å². The standard InChI is InChI=1S/C21H18BrFN2O/c1-12-6-8-18-15(10-12)20(14-4-2-3-5-17(14)24-18)21(26)25-19-9-7-13(22)11-16(19)23/h2-5,7,9,11-12H,6,8,10H2,1H3,(H,25,26)/t12-/m1/s1. The van der Waals surface area contributed by atoms with Gasteiger partial charge >= 0.3 is 0 Å². The zero-order valence-corrected chi connectivity index (χ0v) is 15.9. The van der Waals surface area contributed by atoms with Crippen LogP contribution in [0.1, 0.15) is 35.0 Å². The monoisotopic (exact) mass is 412 g/mol. The van der Waals surface area contributed by atoms with Gasteiger partial charge in [0.25, 0.3) is 5.91 Å². The summed E-state index contributed by atoms with van der Waals surface area (Å²) in [5.41, 5.74) is 3.60. The van der Waals surface area contributed by atoms with Gasteiger partial charge in [0.2, 0.25) is 0 Å². The van der Waals surface area contributed by atoms with E-state index in [2.05, 4.69) is 28.2 Å². The number of rotatable bonds is 2. The Hall–Kier alpha value is -2.27. The number of nitrogens with zero attached hydrogens (tertiary/aromatic N) is 1. The van der Waals surface area contributed by atoms with Gasteiger partial charge in [0.1, 0.15) is 5.82 Å². The Labute approximate surface area is 159 Å². The van der Waals surface area contributed by atoms with Gasteiger partial charge in [-0.2, -0.15) is 0 Å². The summed E-state index contributed by atoms with van der Waals surface area (Å²) in [4.78, 5) is 17.9. The van der Waals surface area contributed by atoms with Crippen LogP contribution in [-0.2, 0) is 12.8 Å². The SMILES string of the molecule is C[C@@H]1CCc2nc3ccccc3c(C(=O)Nc3ccc(Br)cc3F)c2C1. The van der Waals surface area contributed by atoms with Gasteiger partial charge in [0.15, 0.2) is 0 Å². The fraction of sp³-hybridized carbons (Fsp3) is 0.238. The Morgan fingerprint density at radius 1 is 1.27 bits per heavy atom. The number of carbonyl (C=O) groups excluding carboxylic acids is 1. The maximum Gasteiger partial charge on any atom is 0.256 e. The zero-order valence-electron chi connectivity index (χ0n) is 14.4. The van der Waals surface area contributed by atoms with E-state index in [9.17, 15) is 9.18 Å². The summed E-state index contributed by atoms with van der Waals surface area (Å²) in [5.74, 6) is -0.245. The Balaban J connectivity index is 1.84. The molecule has 4 rings (SSSR count). The second-order valence-corrected chi connectivity index (χ2v) is 7.77. The maximum atomic E-state index is 14.2. The minimum atomic E-state index is -0.465. The highest BCUT2D eigenvalue weighted by atomic mass is 79.9. The average Bonchev–Trinajstić information content (AvgIpc) is 2.62. The molecule has 1 aliphatic carbocycles. The van der Waals surface area contributed by atoms with Crippen molar-refractivity contribution in [2.24, 2.45) is 5.92 Å². The molecule has 1 atom stereocenters. The van der Waals surface area contributed by atoms with E-state index in [1.807, 2.05) is 24.3 Å². The Morgan fingerprint density at radius 3 is 2.88 bits per heavy atom. The van der Waals surface area contributed by atoms with Crippen LogP contribution >= 0.6 is 15.9 Å². The molecular formula is C21H18BrFN2O. The number of aromatic nitrogens is 1. The van der Waals surface area contributed by atoms with Gasteiger partial charge in [-0.3, -0.25) is 9.78 Å². The van der Waals surface area contributed by atoms with Crippen molar-refractivity contribution in [1.82, 2.24) is 4.98 Å². The molecule has 26 heavy (non-hydrogen) atoms. The number of anilines is 1. The summed E-state index contributed by atoms with van der Waals surface area (Å²) >= 11 is 3.23. The Morgan fingerprint density at radius 2 is 2.08 bits per heavy atom. The molecule has 0 fully saturated rings. The molecule has 1 aliphatic rings. The molecule has 1 aromatic heterocycles. The summed E-state index contributed by atoms with van der Waals surface area (Å²) in [5, 5.41) is 3.56. The lowest BCUT2D eigenvalue weighted by Gasteiger charge is -2.24. The molecule has 5 heteroatoms. The molecule has 3 aromatic rings. The van der Waals surface area contributed by atoms with E-state index in [-0.39, 0.29) is 11.6 Å². The molecule has 0 radical (unpaired) electrons. The summed E-state index contributed by atoms with van der Waals surface area (Å²) < 4.78 is 14.8. The zero-order chi connectivity index (χ0) is 18.3. The summed E-state index contributed by atoms with van der Waals surface area (Å²) in [6.45, 7) is 2.19. The van der Waals surface area contributed by atoms with E-state index in [0.29, 0.717) is 16.0 Å². The predicted octanol–water partition coefficient (Wildman–Crippen LogP) is 5.51. The molecule has 132 valence electrons. The maximum absolute atomic E-state index is 14.2. The van der Waals surface area contributed by atoms with Crippen molar-refractivity contribution >= 4 is 38.4 Å². The number of fused-ring (bicyclic) bond motifs is 2. The summed E-state index contributed by atoms with van der Waals surface area (Å²) in [6.07, 6.45) is 2.76. The van der Waals surface area contributed by atoms with E-state index < -0.39 is 5.82 Å². The third-order valence-electron chi connectivity index (χ3n) is 4.91. The number of benzene rings is 2. The van der Waals surface area contributed by atoms with Gasteiger partial charge in [-0.1, -0.05) is 41.1 Å². The topological polar surface area (TPSA) is 42.0 Å². The van der Waals surface area contributed by atoms with E-state index in [1.165, 1.54) is 6.07 Å². The lowest BCUT2D eigenvalue weighted by Crippen LogP contribution is -2.22. The largest absolute Gasteiger partial charge is 0.319 e. The predicted molar refractivity (Wildman–Crippen MR) is 105 cm³/mol. The van der Waals surface area contributed by atoms with Crippen molar-refractivity contribution in [2.75, 3.05) is 5.32 Å². The van der Waals surface area contributed by atoms with Crippen molar-refractivity contribution in [1.29, 1.82) is 0 Å². The van der Waals surface area contributed by atoms with Gasteiger partial charge in [0, 0.05) is 15.6 Å². The van der Waals surface area contributed by atoms with Crippen molar-refractivity contribution in [3.8, 4) is 0 Å². The second-order valence-electron chi connectivity index (χ2n) is 6.86. The number of hydrogen-bond donors (Lipinski definition) is 1. The van der Waals surface area contributed by atoms with Crippen LogP contribution in [0.2, 0.25) is 0 Å². The van der Waals surface area contributed by atoms with E-state index >= 15 is 0 Å². The van der Waals surface area contributed by atoms with Crippen LogP contribution in [0.15, 0.2) is 46.9 Å². The first-order valence-electron chi connectivity index (χ1n) is 8.70. The molecular weight excluding hydrogens is 395 g/mol. The third-order valence-corrected chi connectivity index (χ3v) is 5.41. The van der Waals surface area contributed by atoms with Crippen molar-refractivity contribution in [3.05, 3.63) is 69.6 Å². The number of amides is 1. The lowest BCUT2D eigenvalue weighted by atomic mass is 9.84. The molecule has 1 N–H and O–H groups in total. The molecule has 1 heterocycles. The van der Waals surface area contributed by atoms with Crippen LogP contribution in [0.3, 0.4) is 0 Å². The van der Waals surface area contributed by atoms with Gasteiger partial charge in [-0.25, -0.2) is 4.39 Å². The number of pyridine rings is 1. The van der Waals surface area contributed by atoms with Crippen LogP contribution < -0.4 is 5.32 Å². The first-order valence-corrected chi connectivity index (χ1v) is 9.49. The lowest BCUT2D eigenvalue weighted by molar-refractivity contribution is 0.102. The average molecular weight is 413 g/mol. The normalized spacial score (nSPS) is 16.3. The van der Waals surface area contributed by atoms with Crippen molar-refractivity contribution in [2.45, 2.75) is 26.2 Å². The summed E-state index contributed by atoms with van der Waals surface area (Å²) in [7, 11) is 0. The van der Waals surface area contributed by atoms with Crippen LogP contribution in [0.4, 0.5) is 10.1 Å². The first-order chi connectivity index (χ1) is 12.5. The summed E-state index contributed by atoms with van der Waals surface area (Å²) in [6, 6.07) is 12.3. The molecule has 0 saturated heterocycles. The fourth-order valence-electron chi connectivity index (χ4n) is 3.60. The quantitative estimate of drug-likeness (QED) is 0.602. The Kier molecular flexibility index (Phi) is 4.49. The fourth-order valence-corrected chi connectivity index (χ4v) is 3.93. The minimum absolute atomic E-state index is 0.178. The van der Waals surface area contributed by atoms with E-state index in [0.717, 1.165) is 41.4 Å². The van der Waals surface area contributed by atoms with Crippen LogP contribution in [-0.4, -0.2) is 10.9 Å². The highest BCUT2D eigenvalue weighted by molar-refractivity contribution is 9.10. The van der Waals surface area contributed by atoms with Gasteiger partial charge in [0.05, 0.1) is 16.8 Å². The molecule has 0 unspecified atom stereocenters. The number of halogens is 2.